The highest BCUT2D eigenvalue weighted by atomic mass is 35.5. The van der Waals surface area contributed by atoms with E-state index in [1.165, 1.54) is 17.7 Å². The zero-order chi connectivity index (χ0) is 12.1. The Morgan fingerprint density at radius 1 is 1.29 bits per heavy atom. The summed E-state index contributed by atoms with van der Waals surface area (Å²) in [4.78, 5) is 9.06. The summed E-state index contributed by atoms with van der Waals surface area (Å²) in [5.41, 5.74) is 2.59. The van der Waals surface area contributed by atoms with Crippen LogP contribution in [0.5, 0.6) is 0 Å². The first-order valence-electron chi connectivity index (χ1n) is 6.25. The lowest BCUT2D eigenvalue weighted by atomic mass is 10.2. The Bertz CT molecular complexity index is 356. The molecular weight excluding hydrogens is 234 g/mol. The second-order valence-corrected chi connectivity index (χ2v) is 4.91. The molecule has 3 nitrogen and oxygen atoms in total. The molecule has 0 aliphatic carbocycles. The first-order chi connectivity index (χ1) is 8.31. The minimum atomic E-state index is 0.730. The highest BCUT2D eigenvalue weighted by Gasteiger charge is 2.15. The topological polar surface area (TPSA) is 19.4 Å². The van der Waals surface area contributed by atoms with Crippen LogP contribution in [0.2, 0.25) is 0 Å². The Morgan fingerprint density at radius 2 is 2.18 bits per heavy atom. The molecule has 0 bridgehead atoms. The summed E-state index contributed by atoms with van der Waals surface area (Å²) in [7, 11) is 0. The third-order valence-corrected chi connectivity index (χ3v) is 3.49. The molecule has 2 heterocycles. The van der Waals surface area contributed by atoms with E-state index in [4.69, 9.17) is 11.6 Å². The van der Waals surface area contributed by atoms with E-state index in [-0.39, 0.29) is 0 Å². The molecule has 0 aromatic carbocycles. The van der Waals surface area contributed by atoms with Gasteiger partial charge in [0.1, 0.15) is 0 Å². The van der Waals surface area contributed by atoms with E-state index in [9.17, 15) is 0 Å². The summed E-state index contributed by atoms with van der Waals surface area (Å²) in [6, 6.07) is 2.12. The van der Waals surface area contributed by atoms with Crippen LogP contribution in [0.3, 0.4) is 0 Å². The monoisotopic (exact) mass is 253 g/mol. The van der Waals surface area contributed by atoms with Gasteiger partial charge in [-0.25, -0.2) is 0 Å². The van der Waals surface area contributed by atoms with E-state index in [2.05, 4.69) is 27.8 Å². The number of rotatable bonds is 3. The normalized spacial score (nSPS) is 18.1. The molecule has 17 heavy (non-hydrogen) atoms. The lowest BCUT2D eigenvalue weighted by molar-refractivity contribution is 0.311. The van der Waals surface area contributed by atoms with Gasteiger partial charge in [-0.05, 0) is 31.5 Å². The van der Waals surface area contributed by atoms with E-state index in [1.54, 1.807) is 0 Å². The number of alkyl halides is 1. The van der Waals surface area contributed by atoms with E-state index in [0.717, 1.165) is 38.6 Å². The molecule has 0 atom stereocenters. The standard InChI is InChI=1S/C13H20ClN3/c1-12-11-15-5-3-13(12)17-7-2-6-16(8-4-14)9-10-17/h3,5,11H,2,4,6-10H2,1H3. The van der Waals surface area contributed by atoms with Gasteiger partial charge in [-0.1, -0.05) is 0 Å². The molecule has 1 fully saturated rings. The molecule has 2 rings (SSSR count). The molecule has 4 heteroatoms. The van der Waals surface area contributed by atoms with Gasteiger partial charge >= 0.3 is 0 Å². The quantitative estimate of drug-likeness (QED) is 0.770. The number of hydrogen-bond donors (Lipinski definition) is 0. The smallest absolute Gasteiger partial charge is 0.0427 e. The molecular formula is C13H20ClN3. The first kappa shape index (κ1) is 12.7. The molecule has 1 aliphatic rings. The zero-order valence-electron chi connectivity index (χ0n) is 10.4. The Hall–Kier alpha value is -0.800. The van der Waals surface area contributed by atoms with Crippen LogP contribution in [-0.4, -0.2) is 48.5 Å². The lowest BCUT2D eigenvalue weighted by Gasteiger charge is -2.24. The third kappa shape index (κ3) is 3.33. The van der Waals surface area contributed by atoms with Crippen molar-refractivity contribution in [2.75, 3.05) is 43.5 Å². The molecule has 0 radical (unpaired) electrons. The molecule has 1 aliphatic heterocycles. The van der Waals surface area contributed by atoms with Crippen molar-refractivity contribution in [3.05, 3.63) is 24.0 Å². The minimum absolute atomic E-state index is 0.730. The molecule has 0 unspecified atom stereocenters. The van der Waals surface area contributed by atoms with Gasteiger partial charge in [0.05, 0.1) is 0 Å². The highest BCUT2D eigenvalue weighted by Crippen LogP contribution is 2.19. The van der Waals surface area contributed by atoms with Crippen LogP contribution >= 0.6 is 11.6 Å². The number of aryl methyl sites for hydroxylation is 1. The fourth-order valence-electron chi connectivity index (χ4n) is 2.38. The van der Waals surface area contributed by atoms with Crippen molar-refractivity contribution in [2.45, 2.75) is 13.3 Å². The Balaban J connectivity index is 2.01. The summed E-state index contributed by atoms with van der Waals surface area (Å²) in [5, 5.41) is 0. The van der Waals surface area contributed by atoms with Crippen LogP contribution in [0.4, 0.5) is 5.69 Å². The molecule has 0 amide bonds. The van der Waals surface area contributed by atoms with Crippen LogP contribution < -0.4 is 4.90 Å². The predicted octanol–water partition coefficient (Wildman–Crippen LogP) is 2.14. The number of pyridine rings is 1. The number of aromatic nitrogens is 1. The van der Waals surface area contributed by atoms with E-state index in [0.29, 0.717) is 0 Å². The van der Waals surface area contributed by atoms with Gasteiger partial charge in [0.25, 0.3) is 0 Å². The summed E-state index contributed by atoms with van der Waals surface area (Å²) in [6.07, 6.45) is 5.03. The van der Waals surface area contributed by atoms with Gasteiger partial charge in [-0.3, -0.25) is 4.98 Å². The molecule has 0 N–H and O–H groups in total. The molecule has 0 spiro atoms. The minimum Gasteiger partial charge on any atom is -0.370 e. The Kier molecular flexibility index (Phi) is 4.63. The van der Waals surface area contributed by atoms with Crippen LogP contribution in [-0.2, 0) is 0 Å². The maximum atomic E-state index is 5.80. The number of anilines is 1. The van der Waals surface area contributed by atoms with Crippen LogP contribution in [0.15, 0.2) is 18.5 Å². The maximum absolute atomic E-state index is 5.80. The predicted molar refractivity (Wildman–Crippen MR) is 73.0 cm³/mol. The van der Waals surface area contributed by atoms with Crippen molar-refractivity contribution in [1.82, 2.24) is 9.88 Å². The van der Waals surface area contributed by atoms with Gasteiger partial charge in [-0.2, -0.15) is 0 Å². The summed E-state index contributed by atoms with van der Waals surface area (Å²) >= 11 is 5.80. The third-order valence-electron chi connectivity index (χ3n) is 3.32. The number of halogens is 1. The first-order valence-corrected chi connectivity index (χ1v) is 6.78. The Morgan fingerprint density at radius 3 is 2.94 bits per heavy atom. The molecule has 94 valence electrons. The average Bonchev–Trinajstić information content (AvgIpc) is 2.56. The van der Waals surface area contributed by atoms with E-state index in [1.807, 2.05) is 12.4 Å². The maximum Gasteiger partial charge on any atom is 0.0427 e. The van der Waals surface area contributed by atoms with Gasteiger partial charge in [0, 0.05) is 50.1 Å². The SMILES string of the molecule is Cc1cnccc1N1CCCN(CCCl)CC1. The average molecular weight is 254 g/mol. The number of nitrogens with zero attached hydrogens (tertiary/aromatic N) is 3. The summed E-state index contributed by atoms with van der Waals surface area (Å²) < 4.78 is 0. The number of hydrogen-bond acceptors (Lipinski definition) is 3. The fraction of sp³-hybridized carbons (Fsp3) is 0.615. The van der Waals surface area contributed by atoms with Crippen molar-refractivity contribution in [3.8, 4) is 0 Å². The molecule has 0 saturated carbocycles. The zero-order valence-corrected chi connectivity index (χ0v) is 11.2. The van der Waals surface area contributed by atoms with Crippen molar-refractivity contribution < 1.29 is 0 Å². The van der Waals surface area contributed by atoms with Crippen molar-refractivity contribution in [2.24, 2.45) is 0 Å². The largest absolute Gasteiger partial charge is 0.370 e. The highest BCUT2D eigenvalue weighted by molar-refractivity contribution is 6.18. The lowest BCUT2D eigenvalue weighted by Crippen LogP contribution is -2.32. The van der Waals surface area contributed by atoms with Crippen molar-refractivity contribution >= 4 is 17.3 Å². The molecule has 1 aromatic rings. The van der Waals surface area contributed by atoms with Gasteiger partial charge < -0.3 is 9.80 Å². The Labute approximate surface area is 108 Å². The van der Waals surface area contributed by atoms with Gasteiger partial charge in [0.15, 0.2) is 0 Å². The van der Waals surface area contributed by atoms with Crippen molar-refractivity contribution in [1.29, 1.82) is 0 Å². The van der Waals surface area contributed by atoms with Crippen molar-refractivity contribution in [3.63, 3.8) is 0 Å². The molecule has 1 aromatic heterocycles. The van der Waals surface area contributed by atoms with Crippen LogP contribution in [0, 0.1) is 6.92 Å². The fourth-order valence-corrected chi connectivity index (χ4v) is 2.61. The summed E-state index contributed by atoms with van der Waals surface area (Å²) in [5.74, 6) is 0.730. The van der Waals surface area contributed by atoms with Gasteiger partial charge in [-0.15, -0.1) is 11.6 Å². The van der Waals surface area contributed by atoms with E-state index < -0.39 is 0 Å². The van der Waals surface area contributed by atoms with Crippen LogP contribution in [0.25, 0.3) is 0 Å². The van der Waals surface area contributed by atoms with Crippen LogP contribution in [0.1, 0.15) is 12.0 Å². The molecule has 1 saturated heterocycles. The van der Waals surface area contributed by atoms with Gasteiger partial charge in [0.2, 0.25) is 0 Å². The van der Waals surface area contributed by atoms with E-state index >= 15 is 0 Å². The summed E-state index contributed by atoms with van der Waals surface area (Å²) in [6.45, 7) is 7.61. The second-order valence-electron chi connectivity index (χ2n) is 4.53. The second kappa shape index (κ2) is 6.22.